The molecule has 0 saturated carbocycles. The van der Waals surface area contributed by atoms with Gasteiger partial charge in [0, 0.05) is 12.6 Å². The van der Waals surface area contributed by atoms with Gasteiger partial charge >= 0.3 is 6.18 Å². The molecule has 0 aliphatic carbocycles. The number of sulfonamides is 1. The van der Waals surface area contributed by atoms with Gasteiger partial charge in [-0.3, -0.25) is 9.10 Å². The molecule has 0 aliphatic rings. The molecule has 0 saturated heterocycles. The maximum Gasteiger partial charge on any atom is 0.405 e. The first-order chi connectivity index (χ1) is 15.1. The molecule has 0 heterocycles. The summed E-state index contributed by atoms with van der Waals surface area (Å²) in [6.07, 6.45) is -4.54. The SMILES string of the molecule is CN(c1ccccc1Oc1ccccc1)S(=O)(=O)c1ccc(C(=O)NCC(F)(F)F)cc1. The lowest BCUT2D eigenvalue weighted by Gasteiger charge is -2.22. The fourth-order valence-corrected chi connectivity index (χ4v) is 3.97. The summed E-state index contributed by atoms with van der Waals surface area (Å²) in [7, 11) is -2.69. The second-order valence-corrected chi connectivity index (χ2v) is 8.65. The molecule has 3 aromatic carbocycles. The van der Waals surface area contributed by atoms with Crippen molar-refractivity contribution in [2.75, 3.05) is 17.9 Å². The Morgan fingerprint density at radius 2 is 1.53 bits per heavy atom. The van der Waals surface area contributed by atoms with E-state index in [4.69, 9.17) is 4.74 Å². The summed E-state index contributed by atoms with van der Waals surface area (Å²) in [4.78, 5) is 11.7. The maximum absolute atomic E-state index is 13.1. The number of rotatable bonds is 7. The molecule has 0 unspecified atom stereocenters. The summed E-state index contributed by atoms with van der Waals surface area (Å²) < 4.78 is 69.8. The van der Waals surface area contributed by atoms with Crippen LogP contribution in [0.4, 0.5) is 18.9 Å². The van der Waals surface area contributed by atoms with Crippen molar-refractivity contribution in [2.45, 2.75) is 11.1 Å². The number of alkyl halides is 3. The van der Waals surface area contributed by atoms with Crippen LogP contribution < -0.4 is 14.4 Å². The Kier molecular flexibility index (Phi) is 6.73. The van der Waals surface area contributed by atoms with Crippen LogP contribution in [0.1, 0.15) is 10.4 Å². The Balaban J connectivity index is 1.82. The Morgan fingerprint density at radius 1 is 0.938 bits per heavy atom. The molecule has 1 amide bonds. The number of halogens is 3. The van der Waals surface area contributed by atoms with Crippen LogP contribution in [0.25, 0.3) is 0 Å². The lowest BCUT2D eigenvalue weighted by Crippen LogP contribution is -2.33. The van der Waals surface area contributed by atoms with E-state index in [0.717, 1.165) is 28.6 Å². The van der Waals surface area contributed by atoms with E-state index in [0.29, 0.717) is 11.5 Å². The standard InChI is InChI=1S/C22H19F3N2O4S/c1-27(19-9-5-6-10-20(19)31-17-7-3-2-4-8-17)32(29,30)18-13-11-16(12-14-18)21(28)26-15-22(23,24)25/h2-14H,15H2,1H3,(H,26,28). The Morgan fingerprint density at radius 3 is 2.16 bits per heavy atom. The van der Waals surface area contributed by atoms with E-state index in [2.05, 4.69) is 0 Å². The highest BCUT2D eigenvalue weighted by molar-refractivity contribution is 7.92. The smallest absolute Gasteiger partial charge is 0.405 e. The molecule has 32 heavy (non-hydrogen) atoms. The largest absolute Gasteiger partial charge is 0.455 e. The number of benzene rings is 3. The van der Waals surface area contributed by atoms with E-state index in [1.54, 1.807) is 53.8 Å². The van der Waals surface area contributed by atoms with Crippen LogP contribution in [0.15, 0.2) is 83.8 Å². The molecule has 168 valence electrons. The van der Waals surface area contributed by atoms with Gasteiger partial charge in [0.05, 0.1) is 10.6 Å². The normalized spacial score (nSPS) is 11.6. The number of amides is 1. The van der Waals surface area contributed by atoms with Crippen molar-refractivity contribution in [3.8, 4) is 11.5 Å². The van der Waals surface area contributed by atoms with E-state index in [1.165, 1.54) is 7.05 Å². The summed E-state index contributed by atoms with van der Waals surface area (Å²) in [5, 5.41) is 1.74. The number of hydrogen-bond acceptors (Lipinski definition) is 4. The van der Waals surface area contributed by atoms with Gasteiger partial charge in [0.15, 0.2) is 5.75 Å². The number of carbonyl (C=O) groups is 1. The first kappa shape index (κ1) is 23.1. The third-order valence-electron chi connectivity index (χ3n) is 4.40. The molecule has 0 atom stereocenters. The average molecular weight is 464 g/mol. The van der Waals surface area contributed by atoms with Gasteiger partial charge in [0.1, 0.15) is 12.3 Å². The molecule has 0 aromatic heterocycles. The van der Waals surface area contributed by atoms with Crippen molar-refractivity contribution >= 4 is 21.6 Å². The highest BCUT2D eigenvalue weighted by Crippen LogP contribution is 2.34. The van der Waals surface area contributed by atoms with Crippen LogP contribution in [0, 0.1) is 0 Å². The molecular weight excluding hydrogens is 445 g/mol. The van der Waals surface area contributed by atoms with E-state index >= 15 is 0 Å². The number of para-hydroxylation sites is 3. The number of nitrogens with zero attached hydrogens (tertiary/aromatic N) is 1. The number of carbonyl (C=O) groups excluding carboxylic acids is 1. The molecule has 0 bridgehead atoms. The minimum absolute atomic E-state index is 0.0938. The first-order valence-corrected chi connectivity index (χ1v) is 10.8. The Hall–Kier alpha value is -3.53. The van der Waals surface area contributed by atoms with E-state index in [1.807, 2.05) is 6.07 Å². The third kappa shape index (κ3) is 5.58. The van der Waals surface area contributed by atoms with Crippen LogP contribution >= 0.6 is 0 Å². The lowest BCUT2D eigenvalue weighted by molar-refractivity contribution is -0.123. The summed E-state index contributed by atoms with van der Waals surface area (Å²) in [6.45, 7) is -1.48. The topological polar surface area (TPSA) is 75.7 Å². The van der Waals surface area contributed by atoms with E-state index in [9.17, 15) is 26.4 Å². The van der Waals surface area contributed by atoms with Gasteiger partial charge in [-0.15, -0.1) is 0 Å². The van der Waals surface area contributed by atoms with Gasteiger partial charge in [0.25, 0.3) is 15.9 Å². The minimum atomic E-state index is -4.54. The number of anilines is 1. The number of nitrogens with one attached hydrogen (secondary N) is 1. The molecule has 3 rings (SSSR count). The summed E-state index contributed by atoms with van der Waals surface area (Å²) in [5.74, 6) is -0.117. The molecule has 0 aliphatic heterocycles. The van der Waals surface area contributed by atoms with Gasteiger partial charge in [-0.25, -0.2) is 8.42 Å². The maximum atomic E-state index is 13.1. The predicted molar refractivity (Wildman–Crippen MR) is 113 cm³/mol. The Labute approximate surface area is 183 Å². The zero-order valence-corrected chi connectivity index (χ0v) is 17.7. The first-order valence-electron chi connectivity index (χ1n) is 9.34. The molecule has 6 nitrogen and oxygen atoms in total. The van der Waals surface area contributed by atoms with Crippen molar-refractivity contribution in [1.29, 1.82) is 0 Å². The molecule has 3 aromatic rings. The monoisotopic (exact) mass is 464 g/mol. The van der Waals surface area contributed by atoms with Gasteiger partial charge in [-0.1, -0.05) is 30.3 Å². The van der Waals surface area contributed by atoms with Crippen LogP contribution in [0.2, 0.25) is 0 Å². The second kappa shape index (κ2) is 9.31. The predicted octanol–water partition coefficient (Wildman–Crippen LogP) is 4.60. The van der Waals surface area contributed by atoms with Crippen LogP contribution in [0.5, 0.6) is 11.5 Å². The minimum Gasteiger partial charge on any atom is -0.455 e. The molecule has 0 radical (unpaired) electrons. The fraction of sp³-hybridized carbons (Fsp3) is 0.136. The van der Waals surface area contributed by atoms with Crippen LogP contribution in [-0.4, -0.2) is 34.1 Å². The lowest BCUT2D eigenvalue weighted by atomic mass is 10.2. The van der Waals surface area contributed by atoms with Crippen molar-refractivity contribution in [3.63, 3.8) is 0 Å². The molecule has 10 heteroatoms. The third-order valence-corrected chi connectivity index (χ3v) is 6.19. The highest BCUT2D eigenvalue weighted by atomic mass is 32.2. The van der Waals surface area contributed by atoms with Gasteiger partial charge in [0.2, 0.25) is 0 Å². The van der Waals surface area contributed by atoms with Crippen molar-refractivity contribution in [3.05, 3.63) is 84.4 Å². The highest BCUT2D eigenvalue weighted by Gasteiger charge is 2.28. The fourth-order valence-electron chi connectivity index (χ4n) is 2.77. The van der Waals surface area contributed by atoms with Gasteiger partial charge in [-0.2, -0.15) is 13.2 Å². The summed E-state index contributed by atoms with van der Waals surface area (Å²) in [6, 6.07) is 20.0. The Bertz CT molecular complexity index is 1180. The molecule has 1 N–H and O–H groups in total. The quantitative estimate of drug-likeness (QED) is 0.555. The van der Waals surface area contributed by atoms with Crippen LogP contribution in [-0.2, 0) is 10.0 Å². The number of ether oxygens (including phenoxy) is 1. The zero-order chi connectivity index (χ0) is 23.4. The van der Waals surface area contributed by atoms with Crippen molar-refractivity contribution < 1.29 is 31.1 Å². The second-order valence-electron chi connectivity index (χ2n) is 6.68. The molecule has 0 spiro atoms. The van der Waals surface area contributed by atoms with Crippen molar-refractivity contribution in [2.24, 2.45) is 0 Å². The number of hydrogen-bond donors (Lipinski definition) is 1. The van der Waals surface area contributed by atoms with E-state index in [-0.39, 0.29) is 16.1 Å². The summed E-state index contributed by atoms with van der Waals surface area (Å²) in [5.41, 5.74) is 0.187. The zero-order valence-electron chi connectivity index (χ0n) is 16.8. The van der Waals surface area contributed by atoms with Gasteiger partial charge < -0.3 is 10.1 Å². The average Bonchev–Trinajstić information content (AvgIpc) is 2.77. The molecular formula is C22H19F3N2O4S. The molecule has 0 fully saturated rings. The van der Waals surface area contributed by atoms with Crippen LogP contribution in [0.3, 0.4) is 0 Å². The van der Waals surface area contributed by atoms with Crippen molar-refractivity contribution in [1.82, 2.24) is 5.32 Å². The van der Waals surface area contributed by atoms with E-state index < -0.39 is 28.7 Å². The van der Waals surface area contributed by atoms with Gasteiger partial charge in [-0.05, 0) is 48.5 Å². The summed E-state index contributed by atoms with van der Waals surface area (Å²) >= 11 is 0.